The lowest BCUT2D eigenvalue weighted by molar-refractivity contribution is -0.120. The molecule has 0 spiro atoms. The normalized spacial score (nSPS) is 10.9. The molecule has 7 nitrogen and oxygen atoms in total. The number of carbonyl (C=O) groups excluding carboxylic acids is 3. The molecule has 0 saturated heterocycles. The van der Waals surface area contributed by atoms with E-state index in [0.717, 1.165) is 0 Å². The van der Waals surface area contributed by atoms with Gasteiger partial charge >= 0.3 is 0 Å². The molecule has 1 aromatic rings. The van der Waals surface area contributed by atoms with Gasteiger partial charge in [-0.05, 0) is 19.1 Å². The van der Waals surface area contributed by atoms with Crippen LogP contribution in [0.25, 0.3) is 5.70 Å². The molecule has 1 radical (unpaired) electrons. The number of carbonyl (C=O) groups is 2. The minimum absolute atomic E-state index is 0.168. The number of nitrogens with zero attached hydrogens (tertiary/aromatic N) is 1. The highest BCUT2D eigenvalue weighted by atomic mass is 16.5. The average molecular weight is 304 g/mol. The molecule has 2 amide bonds. The zero-order valence-electron chi connectivity index (χ0n) is 12.3. The third kappa shape index (κ3) is 6.76. The molecule has 0 aliphatic rings. The third-order valence-corrected chi connectivity index (χ3v) is 2.50. The smallest absolute Gasteiger partial charge is 0.246 e. The number of pyridine rings is 1. The molecule has 1 heterocycles. The summed E-state index contributed by atoms with van der Waals surface area (Å²) < 4.78 is 5.11. The molecule has 0 fully saturated rings. The third-order valence-electron chi connectivity index (χ3n) is 2.50. The van der Waals surface area contributed by atoms with Crippen molar-refractivity contribution in [3.8, 4) is 0 Å². The molecule has 1 aromatic heterocycles. The first kappa shape index (κ1) is 17.5. The largest absolute Gasteiger partial charge is 0.381 e. The summed E-state index contributed by atoms with van der Waals surface area (Å²) in [4.78, 5) is 37.7. The Morgan fingerprint density at radius 3 is 2.86 bits per heavy atom. The van der Waals surface area contributed by atoms with E-state index >= 15 is 0 Å². The molecule has 7 heteroatoms. The van der Waals surface area contributed by atoms with Gasteiger partial charge < -0.3 is 15.4 Å². The van der Waals surface area contributed by atoms with Crippen LogP contribution in [0, 0.1) is 0 Å². The van der Waals surface area contributed by atoms with Gasteiger partial charge in [-0.15, -0.1) is 0 Å². The average Bonchev–Trinajstić information content (AvgIpc) is 2.53. The molecule has 0 atom stereocenters. The highest BCUT2D eigenvalue weighted by molar-refractivity contribution is 5.98. The topological polar surface area (TPSA) is 97.4 Å². The Morgan fingerprint density at radius 2 is 2.23 bits per heavy atom. The van der Waals surface area contributed by atoms with Crippen molar-refractivity contribution in [3.05, 3.63) is 36.2 Å². The maximum Gasteiger partial charge on any atom is 0.246 e. The van der Waals surface area contributed by atoms with Gasteiger partial charge in [0.1, 0.15) is 0 Å². The summed E-state index contributed by atoms with van der Waals surface area (Å²) in [6.07, 6.45) is 4.45. The zero-order valence-corrected chi connectivity index (χ0v) is 12.3. The maximum atomic E-state index is 11.8. The quantitative estimate of drug-likeness (QED) is 0.501. The monoisotopic (exact) mass is 304 g/mol. The number of amides is 2. The van der Waals surface area contributed by atoms with Crippen LogP contribution in [0.1, 0.15) is 19.0 Å². The molecule has 0 aliphatic carbocycles. The number of hydrogen-bond donors (Lipinski definition) is 2. The Bertz CT molecular complexity index is 529. The van der Waals surface area contributed by atoms with Gasteiger partial charge in [0, 0.05) is 18.9 Å². The second kappa shape index (κ2) is 10.2. The van der Waals surface area contributed by atoms with Crippen molar-refractivity contribution in [2.75, 3.05) is 19.8 Å². The van der Waals surface area contributed by atoms with E-state index in [1.54, 1.807) is 30.7 Å². The van der Waals surface area contributed by atoms with Crippen molar-refractivity contribution in [3.63, 3.8) is 0 Å². The Labute approximate surface area is 128 Å². The number of rotatable bonds is 9. The van der Waals surface area contributed by atoms with E-state index in [1.165, 1.54) is 6.08 Å². The Hall–Kier alpha value is -2.54. The van der Waals surface area contributed by atoms with Crippen molar-refractivity contribution >= 4 is 23.8 Å². The fourth-order valence-electron chi connectivity index (χ4n) is 1.52. The van der Waals surface area contributed by atoms with Crippen LogP contribution < -0.4 is 10.6 Å². The van der Waals surface area contributed by atoms with Crippen LogP contribution in [0.15, 0.2) is 30.5 Å². The molecule has 2 N–H and O–H groups in total. The van der Waals surface area contributed by atoms with Crippen molar-refractivity contribution in [1.29, 1.82) is 0 Å². The van der Waals surface area contributed by atoms with E-state index in [9.17, 15) is 14.4 Å². The van der Waals surface area contributed by atoms with Gasteiger partial charge in [0.15, 0.2) is 0 Å². The predicted octanol–water partition coefficient (Wildman–Crippen LogP) is 0.191. The molecular weight excluding hydrogens is 286 g/mol. The summed E-state index contributed by atoms with van der Waals surface area (Å²) in [5.41, 5.74) is 0.697. The highest BCUT2D eigenvalue weighted by Gasteiger charge is 2.10. The van der Waals surface area contributed by atoms with Crippen LogP contribution in [0.4, 0.5) is 0 Å². The summed E-state index contributed by atoms with van der Waals surface area (Å²) in [7, 11) is 0. The summed E-state index contributed by atoms with van der Waals surface area (Å²) in [5, 5.41) is 4.94. The number of nitrogens with one attached hydrogen (secondary N) is 2. The van der Waals surface area contributed by atoms with Crippen LogP contribution in [0.3, 0.4) is 0 Å². The summed E-state index contributed by atoms with van der Waals surface area (Å²) in [6.45, 7) is 2.44. The number of aromatic nitrogens is 1. The molecule has 0 saturated carbocycles. The van der Waals surface area contributed by atoms with Crippen molar-refractivity contribution in [2.24, 2.45) is 0 Å². The second-order valence-corrected chi connectivity index (χ2v) is 4.13. The van der Waals surface area contributed by atoms with Gasteiger partial charge in [0.25, 0.3) is 0 Å². The summed E-state index contributed by atoms with van der Waals surface area (Å²) in [5.74, 6) is -0.811. The Kier molecular flexibility index (Phi) is 8.14. The fraction of sp³-hybridized carbons (Fsp3) is 0.333. The first-order valence-corrected chi connectivity index (χ1v) is 6.81. The molecular formula is C15H18N3O4. The fourth-order valence-corrected chi connectivity index (χ4v) is 1.52. The predicted molar refractivity (Wildman–Crippen MR) is 80.2 cm³/mol. The maximum absolute atomic E-state index is 11.8. The van der Waals surface area contributed by atoms with Gasteiger partial charge in [-0.3, -0.25) is 19.4 Å². The summed E-state index contributed by atoms with van der Waals surface area (Å²) in [6, 6.07) is 5.12. The van der Waals surface area contributed by atoms with E-state index in [4.69, 9.17) is 4.74 Å². The molecule has 0 unspecified atom stereocenters. The second-order valence-electron chi connectivity index (χ2n) is 4.13. The Morgan fingerprint density at radius 1 is 1.41 bits per heavy atom. The van der Waals surface area contributed by atoms with E-state index in [2.05, 4.69) is 15.6 Å². The van der Waals surface area contributed by atoms with Gasteiger partial charge in [0.2, 0.25) is 18.1 Å². The molecule has 0 aromatic carbocycles. The van der Waals surface area contributed by atoms with Crippen molar-refractivity contribution < 1.29 is 19.1 Å². The van der Waals surface area contributed by atoms with Crippen LogP contribution in [-0.4, -0.2) is 42.8 Å². The van der Waals surface area contributed by atoms with Crippen molar-refractivity contribution in [2.45, 2.75) is 13.3 Å². The highest BCUT2D eigenvalue weighted by Crippen LogP contribution is 2.07. The first-order chi connectivity index (χ1) is 10.7. The Balaban J connectivity index is 2.79. The molecule has 22 heavy (non-hydrogen) atoms. The lowest BCUT2D eigenvalue weighted by Crippen LogP contribution is -2.27. The van der Waals surface area contributed by atoms with Gasteiger partial charge in [-0.1, -0.05) is 6.07 Å². The SMILES string of the molecule is CCOCCC(=O)NC(=CC(=O)NC[C]=O)c1ccccn1. The lowest BCUT2D eigenvalue weighted by atomic mass is 10.2. The van der Waals surface area contributed by atoms with Crippen LogP contribution >= 0.6 is 0 Å². The molecule has 117 valence electrons. The van der Waals surface area contributed by atoms with Crippen molar-refractivity contribution in [1.82, 2.24) is 15.6 Å². The van der Waals surface area contributed by atoms with Crippen LogP contribution in [0.2, 0.25) is 0 Å². The van der Waals surface area contributed by atoms with E-state index in [0.29, 0.717) is 18.9 Å². The van der Waals surface area contributed by atoms with Crippen LogP contribution in [0.5, 0.6) is 0 Å². The van der Waals surface area contributed by atoms with Gasteiger partial charge in [-0.25, -0.2) is 0 Å². The number of hydrogen-bond acceptors (Lipinski definition) is 5. The van der Waals surface area contributed by atoms with Crippen LogP contribution in [-0.2, 0) is 19.1 Å². The lowest BCUT2D eigenvalue weighted by Gasteiger charge is -2.09. The molecule has 0 bridgehead atoms. The number of ether oxygens (including phenoxy) is 1. The van der Waals surface area contributed by atoms with Gasteiger partial charge in [0.05, 0.1) is 31.0 Å². The minimum Gasteiger partial charge on any atom is -0.381 e. The summed E-state index contributed by atoms with van der Waals surface area (Å²) >= 11 is 0. The van der Waals surface area contributed by atoms with E-state index < -0.39 is 5.91 Å². The standard InChI is InChI=1S/C15H18N3O4/c1-2-22-10-6-14(20)18-13(11-15(21)17-8-9-19)12-5-3-4-7-16-12/h3-5,7,11H,2,6,8,10H2,1H3,(H,17,21)(H,18,20). The minimum atomic E-state index is -0.519. The zero-order chi connectivity index (χ0) is 16.2. The molecule has 1 rings (SSSR count). The van der Waals surface area contributed by atoms with Gasteiger partial charge in [-0.2, -0.15) is 0 Å². The molecule has 0 aliphatic heterocycles. The first-order valence-electron chi connectivity index (χ1n) is 6.81. The van der Waals surface area contributed by atoms with E-state index in [1.807, 2.05) is 6.92 Å². The van der Waals surface area contributed by atoms with E-state index in [-0.39, 0.29) is 24.6 Å².